The van der Waals surface area contributed by atoms with Crippen LogP contribution in [0.15, 0.2) is 182 Å². The molecule has 0 atom stereocenters. The minimum Gasteiger partial charge on any atom is -0.305 e. The number of carbonyl (C=O) groups excluding carboxylic acids is 3. The molecule has 1 aliphatic rings. The normalized spacial score (nSPS) is 16.8. The van der Waals surface area contributed by atoms with Crippen LogP contribution in [0.25, 0.3) is 0 Å². The van der Waals surface area contributed by atoms with Crippen LogP contribution < -0.4 is 14.7 Å². The fraction of sp³-hybridized carbons (Fsp3) is 0.133. The molecular weight excluding hydrogens is 631 g/mol. The van der Waals surface area contributed by atoms with E-state index in [0.29, 0.717) is 36.0 Å². The second kappa shape index (κ2) is 15.5. The maximum absolute atomic E-state index is 14.6. The quantitative estimate of drug-likeness (QED) is 0.154. The number of rotatable bonds is 9. The molecule has 6 nitrogen and oxygen atoms in total. The van der Waals surface area contributed by atoms with E-state index in [2.05, 4.69) is 0 Å². The molecule has 1 fully saturated rings. The molecule has 1 aliphatic carbocycles. The van der Waals surface area contributed by atoms with Gasteiger partial charge < -0.3 is 14.7 Å². The number of anilines is 3. The summed E-state index contributed by atoms with van der Waals surface area (Å²) in [7, 11) is 0. The highest BCUT2D eigenvalue weighted by molar-refractivity contribution is 6.09. The lowest BCUT2D eigenvalue weighted by Crippen LogP contribution is -2.57. The smallest absolute Gasteiger partial charge is 0.258 e. The average Bonchev–Trinajstić information content (AvgIpc) is 3.20. The highest BCUT2D eigenvalue weighted by Crippen LogP contribution is 2.38. The van der Waals surface area contributed by atoms with E-state index in [-0.39, 0.29) is 35.8 Å². The molecule has 0 saturated heterocycles. The van der Waals surface area contributed by atoms with Gasteiger partial charge in [-0.25, -0.2) is 0 Å². The summed E-state index contributed by atoms with van der Waals surface area (Å²) < 4.78 is 0. The van der Waals surface area contributed by atoms with E-state index >= 15 is 0 Å². The summed E-state index contributed by atoms with van der Waals surface area (Å²) in [6, 6.07) is 55.9. The predicted octanol–water partition coefficient (Wildman–Crippen LogP) is 9.32. The van der Waals surface area contributed by atoms with E-state index < -0.39 is 0 Å². The Labute approximate surface area is 299 Å². The van der Waals surface area contributed by atoms with Crippen LogP contribution in [-0.2, 0) is 0 Å². The molecule has 0 N–H and O–H groups in total. The Bertz CT molecular complexity index is 1800. The first-order valence-corrected chi connectivity index (χ1v) is 17.4. The van der Waals surface area contributed by atoms with Crippen molar-refractivity contribution in [2.24, 2.45) is 0 Å². The third-order valence-electron chi connectivity index (χ3n) is 9.55. The van der Waals surface area contributed by atoms with Gasteiger partial charge in [-0.05, 0) is 92.1 Å². The van der Waals surface area contributed by atoms with Crippen LogP contribution in [-0.4, -0.2) is 35.8 Å². The van der Waals surface area contributed by atoms with E-state index in [1.165, 1.54) is 0 Å². The van der Waals surface area contributed by atoms with Gasteiger partial charge in [-0.15, -0.1) is 0 Å². The molecule has 1 saturated carbocycles. The van der Waals surface area contributed by atoms with Gasteiger partial charge in [-0.3, -0.25) is 14.4 Å². The molecule has 0 radical (unpaired) electrons. The molecule has 0 unspecified atom stereocenters. The summed E-state index contributed by atoms with van der Waals surface area (Å²) in [6.45, 7) is 0. The fourth-order valence-electron chi connectivity index (χ4n) is 7.27. The first kappa shape index (κ1) is 33.2. The van der Waals surface area contributed by atoms with Crippen molar-refractivity contribution >= 4 is 34.8 Å². The second-order valence-corrected chi connectivity index (χ2v) is 12.8. The van der Waals surface area contributed by atoms with Gasteiger partial charge in [0, 0.05) is 51.9 Å². The summed E-state index contributed by atoms with van der Waals surface area (Å²) in [4.78, 5) is 49.5. The Morgan fingerprint density at radius 2 is 0.510 bits per heavy atom. The first-order valence-electron chi connectivity index (χ1n) is 17.4. The maximum Gasteiger partial charge on any atom is 0.258 e. The standard InChI is InChI=1S/C45H39N3O3/c49-43(34-19-7-1-8-20-34)46(37-25-13-4-14-26-37)40-31-41(47(38-27-15-5-16-28-38)44(50)35-21-9-2-10-22-35)33-42(32-40)48(39-29-17-6-18-30-39)45(51)36-23-11-3-12-24-36/h1-30,40-42H,31-33H2. The summed E-state index contributed by atoms with van der Waals surface area (Å²) in [5, 5.41) is 0. The number of hydrogen-bond donors (Lipinski definition) is 0. The lowest BCUT2D eigenvalue weighted by molar-refractivity contribution is 0.0944. The van der Waals surface area contributed by atoms with Crippen LogP contribution in [0.5, 0.6) is 0 Å². The number of para-hydroxylation sites is 3. The molecule has 252 valence electrons. The zero-order valence-corrected chi connectivity index (χ0v) is 28.2. The van der Waals surface area contributed by atoms with Crippen LogP contribution in [0.1, 0.15) is 50.3 Å². The first-order chi connectivity index (χ1) is 25.1. The Balaban J connectivity index is 1.39. The van der Waals surface area contributed by atoms with Crippen LogP contribution in [0.3, 0.4) is 0 Å². The van der Waals surface area contributed by atoms with Gasteiger partial charge in [0.2, 0.25) is 0 Å². The molecule has 6 aromatic rings. The molecule has 3 amide bonds. The van der Waals surface area contributed by atoms with Gasteiger partial charge in [-0.1, -0.05) is 109 Å². The van der Waals surface area contributed by atoms with Crippen molar-refractivity contribution < 1.29 is 14.4 Å². The molecule has 6 heteroatoms. The van der Waals surface area contributed by atoms with Gasteiger partial charge in [0.25, 0.3) is 17.7 Å². The monoisotopic (exact) mass is 669 g/mol. The number of benzene rings is 6. The minimum atomic E-state index is -0.367. The minimum absolute atomic E-state index is 0.132. The topological polar surface area (TPSA) is 60.9 Å². The Hall–Kier alpha value is -6.27. The van der Waals surface area contributed by atoms with Gasteiger partial charge in [0.05, 0.1) is 0 Å². The van der Waals surface area contributed by atoms with E-state index in [1.54, 1.807) is 0 Å². The highest BCUT2D eigenvalue weighted by atomic mass is 16.2. The zero-order chi connectivity index (χ0) is 35.0. The van der Waals surface area contributed by atoms with E-state index in [1.807, 2.05) is 197 Å². The molecule has 0 aromatic heterocycles. The Morgan fingerprint density at radius 3 is 0.725 bits per heavy atom. The van der Waals surface area contributed by atoms with Crippen LogP contribution in [0.2, 0.25) is 0 Å². The number of carbonyl (C=O) groups is 3. The largest absolute Gasteiger partial charge is 0.305 e. The third kappa shape index (κ3) is 7.36. The van der Waals surface area contributed by atoms with Crippen molar-refractivity contribution in [3.63, 3.8) is 0 Å². The van der Waals surface area contributed by atoms with Gasteiger partial charge in [0.1, 0.15) is 0 Å². The molecular formula is C45H39N3O3. The van der Waals surface area contributed by atoms with Crippen molar-refractivity contribution in [1.82, 2.24) is 0 Å². The summed E-state index contributed by atoms with van der Waals surface area (Å²) in [5.74, 6) is -0.396. The van der Waals surface area contributed by atoms with Crippen molar-refractivity contribution in [2.45, 2.75) is 37.4 Å². The molecule has 6 aromatic carbocycles. The lowest BCUT2D eigenvalue weighted by Gasteiger charge is -2.47. The van der Waals surface area contributed by atoms with Gasteiger partial charge >= 0.3 is 0 Å². The van der Waals surface area contributed by atoms with Crippen molar-refractivity contribution in [2.75, 3.05) is 14.7 Å². The third-order valence-corrected chi connectivity index (χ3v) is 9.55. The van der Waals surface area contributed by atoms with E-state index in [0.717, 1.165) is 17.1 Å². The zero-order valence-electron chi connectivity index (χ0n) is 28.2. The molecule has 7 rings (SSSR count). The molecule has 51 heavy (non-hydrogen) atoms. The number of nitrogens with zero attached hydrogens (tertiary/aromatic N) is 3. The Kier molecular flexibility index (Phi) is 10.1. The highest BCUT2D eigenvalue weighted by Gasteiger charge is 2.43. The average molecular weight is 670 g/mol. The maximum atomic E-state index is 14.6. The van der Waals surface area contributed by atoms with E-state index in [9.17, 15) is 14.4 Å². The SMILES string of the molecule is O=C(c1ccccc1)N(c1ccccc1)C1CC(N(C(=O)c2ccccc2)c2ccccc2)CC(N(C(=O)c2ccccc2)c2ccccc2)C1. The second-order valence-electron chi connectivity index (χ2n) is 12.8. The van der Waals surface area contributed by atoms with Crippen molar-refractivity contribution in [3.8, 4) is 0 Å². The van der Waals surface area contributed by atoms with Crippen LogP contribution >= 0.6 is 0 Å². The summed E-state index contributed by atoms with van der Waals surface area (Å²) in [6.07, 6.45) is 1.50. The molecule has 0 bridgehead atoms. The lowest BCUT2D eigenvalue weighted by atomic mass is 9.82. The summed E-state index contributed by atoms with van der Waals surface area (Å²) in [5.41, 5.74) is 3.99. The van der Waals surface area contributed by atoms with E-state index in [4.69, 9.17) is 0 Å². The Morgan fingerprint density at radius 1 is 0.314 bits per heavy atom. The van der Waals surface area contributed by atoms with Gasteiger partial charge in [-0.2, -0.15) is 0 Å². The molecule has 0 spiro atoms. The molecule has 0 heterocycles. The van der Waals surface area contributed by atoms with Crippen LogP contribution in [0, 0.1) is 0 Å². The predicted molar refractivity (Wildman–Crippen MR) is 204 cm³/mol. The molecule has 0 aliphatic heterocycles. The van der Waals surface area contributed by atoms with Gasteiger partial charge in [0.15, 0.2) is 0 Å². The van der Waals surface area contributed by atoms with Crippen molar-refractivity contribution in [3.05, 3.63) is 199 Å². The fourth-order valence-corrected chi connectivity index (χ4v) is 7.27. The van der Waals surface area contributed by atoms with Crippen LogP contribution in [0.4, 0.5) is 17.1 Å². The number of hydrogen-bond acceptors (Lipinski definition) is 3. The number of amides is 3. The van der Waals surface area contributed by atoms with Crippen molar-refractivity contribution in [1.29, 1.82) is 0 Å². The summed E-state index contributed by atoms with van der Waals surface area (Å²) >= 11 is 0.